The van der Waals surface area contributed by atoms with E-state index < -0.39 is 0 Å². The second-order valence-corrected chi connectivity index (χ2v) is 10.1. The number of H-pyrrole nitrogens is 1. The molecular formula is C28H35N7O. The smallest absolute Gasteiger partial charge is 0.252 e. The van der Waals surface area contributed by atoms with Crippen LogP contribution in [0, 0.1) is 13.8 Å². The zero-order chi connectivity index (χ0) is 25.1. The first kappa shape index (κ1) is 24.3. The molecular weight excluding hydrogens is 450 g/mol. The minimum Gasteiger partial charge on any atom is -0.321 e. The summed E-state index contributed by atoms with van der Waals surface area (Å²) in [4.78, 5) is 23.0. The Morgan fingerprint density at radius 3 is 2.72 bits per heavy atom. The van der Waals surface area contributed by atoms with Crippen LogP contribution in [0.15, 0.2) is 47.5 Å². The van der Waals surface area contributed by atoms with E-state index in [0.29, 0.717) is 19.1 Å². The first-order chi connectivity index (χ1) is 17.5. The van der Waals surface area contributed by atoms with Gasteiger partial charge in [0, 0.05) is 31.0 Å². The van der Waals surface area contributed by atoms with Crippen molar-refractivity contribution in [3.05, 3.63) is 81.2 Å². The van der Waals surface area contributed by atoms with E-state index in [1.165, 1.54) is 24.8 Å². The largest absolute Gasteiger partial charge is 0.321 e. The van der Waals surface area contributed by atoms with Gasteiger partial charge in [-0.25, -0.2) is 4.68 Å². The normalized spacial score (nSPS) is 15.6. The van der Waals surface area contributed by atoms with Gasteiger partial charge in [0.25, 0.3) is 5.56 Å². The maximum absolute atomic E-state index is 13.3. The molecule has 188 valence electrons. The number of pyridine rings is 2. The molecule has 3 heterocycles. The average molecular weight is 486 g/mol. The van der Waals surface area contributed by atoms with Crippen molar-refractivity contribution in [2.75, 3.05) is 0 Å². The number of rotatable bonds is 8. The van der Waals surface area contributed by atoms with E-state index in [4.69, 9.17) is 0 Å². The summed E-state index contributed by atoms with van der Waals surface area (Å²) in [6, 6.07) is 10.6. The lowest BCUT2D eigenvalue weighted by Crippen LogP contribution is -2.33. The van der Waals surface area contributed by atoms with Crippen molar-refractivity contribution in [2.45, 2.75) is 84.5 Å². The number of nitrogens with zero attached hydrogens (tertiary/aromatic N) is 6. The predicted molar refractivity (Wildman–Crippen MR) is 140 cm³/mol. The van der Waals surface area contributed by atoms with Crippen LogP contribution in [0.3, 0.4) is 0 Å². The number of benzene rings is 1. The van der Waals surface area contributed by atoms with Crippen LogP contribution in [0.5, 0.6) is 0 Å². The molecule has 3 aromatic heterocycles. The van der Waals surface area contributed by atoms with Crippen molar-refractivity contribution in [1.29, 1.82) is 0 Å². The first-order valence-electron chi connectivity index (χ1n) is 13.1. The number of nitrogens with one attached hydrogen (secondary N) is 1. The standard InChI is InChI=1S/C28H35N7O/c1-4-25(27-31-32-33-35(27)24-10-6-5-7-11-24)34(17-21-9-8-14-29-16-21)18-23-15-22-13-12-19(2)20(3)26(22)30-28(23)36/h8-9,12-16,24-25H,4-7,10-11,17-18H2,1-3H3,(H,30,36). The fourth-order valence-corrected chi connectivity index (χ4v) is 5.52. The maximum Gasteiger partial charge on any atom is 0.252 e. The van der Waals surface area contributed by atoms with Gasteiger partial charge in [-0.05, 0) is 77.7 Å². The molecule has 0 saturated heterocycles. The monoisotopic (exact) mass is 485 g/mol. The molecule has 1 unspecified atom stereocenters. The quantitative estimate of drug-likeness (QED) is 0.369. The Kier molecular flexibility index (Phi) is 7.23. The number of aryl methyl sites for hydroxylation is 2. The molecule has 1 aliphatic rings. The van der Waals surface area contributed by atoms with E-state index in [0.717, 1.165) is 52.7 Å². The highest BCUT2D eigenvalue weighted by Gasteiger charge is 2.29. The third kappa shape index (κ3) is 4.95. The van der Waals surface area contributed by atoms with Gasteiger partial charge >= 0.3 is 0 Å². The van der Waals surface area contributed by atoms with Crippen molar-refractivity contribution in [1.82, 2.24) is 35.1 Å². The van der Waals surface area contributed by atoms with E-state index in [1.807, 2.05) is 18.3 Å². The second kappa shape index (κ2) is 10.7. The number of aromatic nitrogens is 6. The molecule has 0 bridgehead atoms. The highest BCUT2D eigenvalue weighted by Crippen LogP contribution is 2.32. The predicted octanol–water partition coefficient (Wildman–Crippen LogP) is 5.19. The SMILES string of the molecule is CCC(c1nnnn1C1CCCCC1)N(Cc1cccnc1)Cc1cc2ccc(C)c(C)c2[nH]c1=O. The van der Waals surface area contributed by atoms with Gasteiger partial charge in [0.1, 0.15) is 0 Å². The highest BCUT2D eigenvalue weighted by molar-refractivity contribution is 5.83. The van der Waals surface area contributed by atoms with Gasteiger partial charge in [-0.2, -0.15) is 0 Å². The zero-order valence-electron chi connectivity index (χ0n) is 21.4. The summed E-state index contributed by atoms with van der Waals surface area (Å²) in [5, 5.41) is 14.1. The molecule has 0 radical (unpaired) electrons. The van der Waals surface area contributed by atoms with E-state index in [1.54, 1.807) is 6.20 Å². The summed E-state index contributed by atoms with van der Waals surface area (Å²) < 4.78 is 2.06. The zero-order valence-corrected chi connectivity index (χ0v) is 21.4. The van der Waals surface area contributed by atoms with Crippen LogP contribution in [-0.4, -0.2) is 35.1 Å². The second-order valence-electron chi connectivity index (χ2n) is 10.1. The maximum atomic E-state index is 13.3. The Morgan fingerprint density at radius 2 is 1.97 bits per heavy atom. The minimum absolute atomic E-state index is 0.0306. The van der Waals surface area contributed by atoms with Crippen LogP contribution in [0.1, 0.15) is 85.6 Å². The van der Waals surface area contributed by atoms with Gasteiger partial charge in [0.15, 0.2) is 5.82 Å². The molecule has 8 heteroatoms. The van der Waals surface area contributed by atoms with Crippen LogP contribution in [0.4, 0.5) is 0 Å². The summed E-state index contributed by atoms with van der Waals surface area (Å²) in [7, 11) is 0. The Bertz CT molecular complexity index is 1370. The third-order valence-corrected chi connectivity index (χ3v) is 7.67. The molecule has 1 aromatic carbocycles. The van der Waals surface area contributed by atoms with E-state index in [-0.39, 0.29) is 11.6 Å². The molecule has 1 atom stereocenters. The third-order valence-electron chi connectivity index (χ3n) is 7.67. The fourth-order valence-electron chi connectivity index (χ4n) is 5.52. The molecule has 1 aliphatic carbocycles. The van der Waals surface area contributed by atoms with Crippen LogP contribution < -0.4 is 5.56 Å². The number of aromatic amines is 1. The molecule has 36 heavy (non-hydrogen) atoms. The lowest BCUT2D eigenvalue weighted by molar-refractivity contribution is 0.155. The van der Waals surface area contributed by atoms with Crippen molar-refractivity contribution < 1.29 is 0 Å². The van der Waals surface area contributed by atoms with Gasteiger partial charge in [-0.15, -0.1) is 5.10 Å². The first-order valence-corrected chi connectivity index (χ1v) is 13.1. The average Bonchev–Trinajstić information content (AvgIpc) is 3.38. The fraction of sp³-hybridized carbons (Fsp3) is 0.464. The number of hydrogen-bond donors (Lipinski definition) is 1. The lowest BCUT2D eigenvalue weighted by atomic mass is 9.95. The van der Waals surface area contributed by atoms with Gasteiger partial charge in [0.2, 0.25) is 0 Å². The molecule has 4 aromatic rings. The molecule has 0 spiro atoms. The summed E-state index contributed by atoms with van der Waals surface area (Å²) in [5.41, 5.74) is 4.98. The Labute approximate surface area is 211 Å². The van der Waals surface area contributed by atoms with E-state index >= 15 is 0 Å². The Morgan fingerprint density at radius 1 is 1.14 bits per heavy atom. The van der Waals surface area contributed by atoms with Gasteiger partial charge in [-0.3, -0.25) is 14.7 Å². The summed E-state index contributed by atoms with van der Waals surface area (Å²) in [6.45, 7) is 7.42. The lowest BCUT2D eigenvalue weighted by Gasteiger charge is -2.32. The number of hydrogen-bond acceptors (Lipinski definition) is 6. The molecule has 0 aliphatic heterocycles. The topological polar surface area (TPSA) is 92.6 Å². The minimum atomic E-state index is -0.0471. The summed E-state index contributed by atoms with van der Waals surface area (Å²) in [5.74, 6) is 0.886. The number of fused-ring (bicyclic) bond motifs is 1. The van der Waals surface area contributed by atoms with Crippen LogP contribution >= 0.6 is 0 Å². The molecule has 8 nitrogen and oxygen atoms in total. The van der Waals surface area contributed by atoms with E-state index in [2.05, 4.69) is 74.0 Å². The summed E-state index contributed by atoms with van der Waals surface area (Å²) in [6.07, 6.45) is 10.4. The molecule has 1 N–H and O–H groups in total. The Balaban J connectivity index is 1.53. The van der Waals surface area contributed by atoms with Crippen LogP contribution in [0.25, 0.3) is 10.9 Å². The van der Waals surface area contributed by atoms with Gasteiger partial charge in [0.05, 0.1) is 17.6 Å². The highest BCUT2D eigenvalue weighted by atomic mass is 16.1. The van der Waals surface area contributed by atoms with Crippen LogP contribution in [0.2, 0.25) is 0 Å². The summed E-state index contributed by atoms with van der Waals surface area (Å²) >= 11 is 0. The van der Waals surface area contributed by atoms with Gasteiger partial charge < -0.3 is 4.98 Å². The van der Waals surface area contributed by atoms with Crippen molar-refractivity contribution in [3.8, 4) is 0 Å². The molecule has 5 rings (SSSR count). The molecule has 1 fully saturated rings. The molecule has 0 amide bonds. The number of tetrazole rings is 1. The van der Waals surface area contributed by atoms with Gasteiger partial charge in [-0.1, -0.05) is 44.4 Å². The molecule has 1 saturated carbocycles. The van der Waals surface area contributed by atoms with E-state index in [9.17, 15) is 4.79 Å². The Hall–Kier alpha value is -3.39. The van der Waals surface area contributed by atoms with Crippen molar-refractivity contribution >= 4 is 10.9 Å². The van der Waals surface area contributed by atoms with Crippen molar-refractivity contribution in [2.24, 2.45) is 0 Å². The van der Waals surface area contributed by atoms with Crippen LogP contribution in [-0.2, 0) is 13.1 Å². The van der Waals surface area contributed by atoms with Crippen molar-refractivity contribution in [3.63, 3.8) is 0 Å².